The van der Waals surface area contributed by atoms with Crippen LogP contribution in [-0.2, 0) is 0 Å². The minimum atomic E-state index is 0.503. The molecule has 0 radical (unpaired) electrons. The highest BCUT2D eigenvalue weighted by Gasteiger charge is 2.04. The van der Waals surface area contributed by atoms with Gasteiger partial charge in [0.15, 0.2) is 0 Å². The average Bonchev–Trinajstić information content (AvgIpc) is 2.35. The topological polar surface area (TPSA) is 38.0 Å². The Bertz CT molecular complexity index is 550. The molecular formula is C15H17ClN2. The van der Waals surface area contributed by atoms with E-state index in [1.807, 2.05) is 24.3 Å². The molecule has 0 saturated carbocycles. The molecule has 0 atom stereocenters. The fourth-order valence-corrected chi connectivity index (χ4v) is 1.95. The molecule has 3 N–H and O–H groups in total. The van der Waals surface area contributed by atoms with Crippen molar-refractivity contribution in [2.45, 2.75) is 19.8 Å². The van der Waals surface area contributed by atoms with Crippen molar-refractivity contribution in [3.8, 4) is 0 Å². The normalized spacial score (nSPS) is 10.7. The van der Waals surface area contributed by atoms with Gasteiger partial charge in [0.1, 0.15) is 0 Å². The van der Waals surface area contributed by atoms with Gasteiger partial charge in [0.05, 0.1) is 16.4 Å². The molecule has 0 aliphatic heterocycles. The number of benzene rings is 2. The van der Waals surface area contributed by atoms with E-state index in [4.69, 9.17) is 17.3 Å². The maximum absolute atomic E-state index is 6.00. The van der Waals surface area contributed by atoms with Gasteiger partial charge in [-0.1, -0.05) is 43.6 Å². The quantitative estimate of drug-likeness (QED) is 0.779. The summed E-state index contributed by atoms with van der Waals surface area (Å²) in [6.07, 6.45) is 0. The second-order valence-corrected chi connectivity index (χ2v) is 5.01. The lowest BCUT2D eigenvalue weighted by Gasteiger charge is -2.12. The molecule has 2 aromatic rings. The van der Waals surface area contributed by atoms with E-state index in [-0.39, 0.29) is 0 Å². The summed E-state index contributed by atoms with van der Waals surface area (Å²) in [5.74, 6) is 0.503. The van der Waals surface area contributed by atoms with E-state index in [0.717, 1.165) is 11.4 Å². The molecule has 0 aliphatic rings. The zero-order valence-corrected chi connectivity index (χ0v) is 11.3. The molecule has 18 heavy (non-hydrogen) atoms. The molecule has 0 aliphatic carbocycles. The molecule has 2 rings (SSSR count). The van der Waals surface area contributed by atoms with Crippen molar-refractivity contribution in [3.63, 3.8) is 0 Å². The van der Waals surface area contributed by atoms with E-state index in [2.05, 4.69) is 31.3 Å². The van der Waals surface area contributed by atoms with Crippen molar-refractivity contribution in [3.05, 3.63) is 53.1 Å². The van der Waals surface area contributed by atoms with Crippen molar-refractivity contribution in [1.29, 1.82) is 0 Å². The Morgan fingerprint density at radius 2 is 1.83 bits per heavy atom. The van der Waals surface area contributed by atoms with Crippen LogP contribution in [0.2, 0.25) is 5.02 Å². The van der Waals surface area contributed by atoms with Crippen LogP contribution in [0.5, 0.6) is 0 Å². The highest BCUT2D eigenvalue weighted by atomic mass is 35.5. The lowest BCUT2D eigenvalue weighted by atomic mass is 10.0. The minimum absolute atomic E-state index is 0.503. The fraction of sp³-hybridized carbons (Fsp3) is 0.200. The molecule has 0 unspecified atom stereocenters. The number of hydrogen-bond donors (Lipinski definition) is 2. The monoisotopic (exact) mass is 260 g/mol. The van der Waals surface area contributed by atoms with Gasteiger partial charge in [0.25, 0.3) is 0 Å². The third-order valence-corrected chi connectivity index (χ3v) is 3.21. The molecule has 0 heterocycles. The first-order chi connectivity index (χ1) is 8.58. The largest absolute Gasteiger partial charge is 0.396 e. The summed E-state index contributed by atoms with van der Waals surface area (Å²) in [6.45, 7) is 4.35. The van der Waals surface area contributed by atoms with Crippen LogP contribution in [0, 0.1) is 0 Å². The van der Waals surface area contributed by atoms with Crippen molar-refractivity contribution in [2.75, 3.05) is 11.1 Å². The summed E-state index contributed by atoms with van der Waals surface area (Å²) in [5, 5.41) is 3.87. The molecule has 0 aromatic heterocycles. The Morgan fingerprint density at radius 3 is 2.56 bits per heavy atom. The molecule has 94 valence electrons. The Kier molecular flexibility index (Phi) is 3.78. The fourth-order valence-electron chi connectivity index (χ4n) is 1.78. The van der Waals surface area contributed by atoms with Crippen LogP contribution < -0.4 is 11.1 Å². The molecule has 2 aromatic carbocycles. The molecule has 0 amide bonds. The molecule has 0 bridgehead atoms. The molecule has 0 fully saturated rings. The first-order valence-corrected chi connectivity index (χ1v) is 6.36. The van der Waals surface area contributed by atoms with E-state index in [1.54, 1.807) is 6.07 Å². The maximum Gasteiger partial charge on any atom is 0.0742 e. The number of rotatable bonds is 3. The third kappa shape index (κ3) is 2.77. The van der Waals surface area contributed by atoms with Crippen LogP contribution >= 0.6 is 11.6 Å². The first-order valence-electron chi connectivity index (χ1n) is 5.99. The molecule has 0 spiro atoms. The van der Waals surface area contributed by atoms with E-state index in [0.29, 0.717) is 16.6 Å². The highest BCUT2D eigenvalue weighted by molar-refractivity contribution is 6.33. The van der Waals surface area contributed by atoms with Gasteiger partial charge < -0.3 is 11.1 Å². The summed E-state index contributed by atoms with van der Waals surface area (Å²) in [7, 11) is 0. The summed E-state index contributed by atoms with van der Waals surface area (Å²) < 4.78 is 0. The number of nitrogens with two attached hydrogens (primary N) is 1. The summed E-state index contributed by atoms with van der Waals surface area (Å²) in [6, 6.07) is 13.9. The zero-order valence-electron chi connectivity index (χ0n) is 10.6. The van der Waals surface area contributed by atoms with Gasteiger partial charge in [0, 0.05) is 5.69 Å². The Balaban J connectivity index is 2.28. The van der Waals surface area contributed by atoms with Gasteiger partial charge in [-0.25, -0.2) is 0 Å². The van der Waals surface area contributed by atoms with Crippen LogP contribution in [0.4, 0.5) is 17.1 Å². The molecule has 0 saturated heterocycles. The number of anilines is 3. The summed E-state index contributed by atoms with van der Waals surface area (Å²) >= 11 is 6.00. The third-order valence-electron chi connectivity index (χ3n) is 2.89. The smallest absolute Gasteiger partial charge is 0.0742 e. The molecular weight excluding hydrogens is 244 g/mol. The van der Waals surface area contributed by atoms with Crippen molar-refractivity contribution in [2.24, 2.45) is 0 Å². The van der Waals surface area contributed by atoms with Gasteiger partial charge >= 0.3 is 0 Å². The van der Waals surface area contributed by atoms with E-state index >= 15 is 0 Å². The first kappa shape index (κ1) is 12.8. The van der Waals surface area contributed by atoms with Crippen molar-refractivity contribution < 1.29 is 0 Å². The average molecular weight is 261 g/mol. The second-order valence-electron chi connectivity index (χ2n) is 4.61. The van der Waals surface area contributed by atoms with Gasteiger partial charge in [0.2, 0.25) is 0 Å². The van der Waals surface area contributed by atoms with E-state index in [1.165, 1.54) is 5.56 Å². The van der Waals surface area contributed by atoms with Gasteiger partial charge in [-0.2, -0.15) is 0 Å². The SMILES string of the molecule is CC(C)c1cccc(Nc2cccc(Cl)c2N)c1. The lowest BCUT2D eigenvalue weighted by molar-refractivity contribution is 0.867. The van der Waals surface area contributed by atoms with Crippen LogP contribution in [-0.4, -0.2) is 0 Å². The number of halogens is 1. The molecule has 2 nitrogen and oxygen atoms in total. The Hall–Kier alpha value is -1.67. The van der Waals surface area contributed by atoms with Crippen molar-refractivity contribution in [1.82, 2.24) is 0 Å². The van der Waals surface area contributed by atoms with Gasteiger partial charge in [-0.3, -0.25) is 0 Å². The Labute approximate surface area is 113 Å². The highest BCUT2D eigenvalue weighted by Crippen LogP contribution is 2.30. The van der Waals surface area contributed by atoms with Crippen LogP contribution in [0.3, 0.4) is 0 Å². The predicted molar refractivity (Wildman–Crippen MR) is 79.7 cm³/mol. The predicted octanol–water partition coefficient (Wildman–Crippen LogP) is 4.79. The lowest BCUT2D eigenvalue weighted by Crippen LogP contribution is -1.97. The standard InChI is InChI=1S/C15H17ClN2/c1-10(2)11-5-3-6-12(9-11)18-14-8-4-7-13(16)15(14)17/h3-10,18H,17H2,1-2H3. The minimum Gasteiger partial charge on any atom is -0.396 e. The summed E-state index contributed by atoms with van der Waals surface area (Å²) in [4.78, 5) is 0. The number of para-hydroxylation sites is 1. The number of nitrogen functional groups attached to an aromatic ring is 1. The number of nitrogens with one attached hydrogen (secondary N) is 1. The van der Waals surface area contributed by atoms with Crippen molar-refractivity contribution >= 4 is 28.7 Å². The van der Waals surface area contributed by atoms with Crippen LogP contribution in [0.1, 0.15) is 25.3 Å². The molecule has 3 heteroatoms. The second kappa shape index (κ2) is 5.32. The van der Waals surface area contributed by atoms with E-state index < -0.39 is 0 Å². The van der Waals surface area contributed by atoms with Crippen LogP contribution in [0.25, 0.3) is 0 Å². The zero-order chi connectivity index (χ0) is 13.1. The number of hydrogen-bond acceptors (Lipinski definition) is 2. The van der Waals surface area contributed by atoms with Gasteiger partial charge in [-0.15, -0.1) is 0 Å². The maximum atomic E-state index is 6.00. The van der Waals surface area contributed by atoms with E-state index in [9.17, 15) is 0 Å². The summed E-state index contributed by atoms with van der Waals surface area (Å²) in [5.41, 5.74) is 9.66. The van der Waals surface area contributed by atoms with Crippen LogP contribution in [0.15, 0.2) is 42.5 Å². The Morgan fingerprint density at radius 1 is 1.11 bits per heavy atom. The van der Waals surface area contributed by atoms with Gasteiger partial charge in [-0.05, 0) is 35.7 Å².